The maximum absolute atomic E-state index is 12.8. The number of ether oxygens (including phenoxy) is 1. The number of benzene rings is 1. The molecule has 2 atom stereocenters. The molecule has 1 aromatic rings. The van der Waals surface area contributed by atoms with Crippen molar-refractivity contribution in [1.29, 1.82) is 0 Å². The van der Waals surface area contributed by atoms with E-state index in [0.29, 0.717) is 7.11 Å². The summed E-state index contributed by atoms with van der Waals surface area (Å²) in [7, 11) is -9.72. The van der Waals surface area contributed by atoms with Crippen LogP contribution in [0.3, 0.4) is 0 Å². The van der Waals surface area contributed by atoms with Crippen LogP contribution >= 0.6 is 10.2 Å². The first-order valence-corrected chi connectivity index (χ1v) is 6.92. The van der Waals surface area contributed by atoms with Crippen LogP contribution in [-0.2, 0) is 9.53 Å². The molecule has 0 saturated heterocycles. The van der Waals surface area contributed by atoms with Gasteiger partial charge in [-0.3, -0.25) is 4.79 Å². The van der Waals surface area contributed by atoms with E-state index in [1.165, 1.54) is 18.2 Å². The van der Waals surface area contributed by atoms with Crippen LogP contribution in [-0.4, -0.2) is 23.4 Å². The molecule has 1 N–H and O–H groups in total. The van der Waals surface area contributed by atoms with Crippen LogP contribution < -0.4 is 0 Å². The number of esters is 1. The van der Waals surface area contributed by atoms with Gasteiger partial charge < -0.3 is 9.84 Å². The predicted molar refractivity (Wildman–Crippen MR) is 60.3 cm³/mol. The van der Waals surface area contributed by atoms with Gasteiger partial charge in [0.2, 0.25) is 5.25 Å². The molecular formula is C10H11F5O3S. The van der Waals surface area contributed by atoms with E-state index in [-0.39, 0.29) is 0 Å². The molecule has 0 fully saturated rings. The number of hydrogen-bond donors (Lipinski definition) is 1. The van der Waals surface area contributed by atoms with Crippen molar-refractivity contribution in [2.24, 2.45) is 0 Å². The Bertz CT molecular complexity index is 472. The molecular weight excluding hydrogens is 295 g/mol. The zero-order chi connectivity index (χ0) is 15.0. The average molecular weight is 306 g/mol. The van der Waals surface area contributed by atoms with E-state index in [4.69, 9.17) is 0 Å². The van der Waals surface area contributed by atoms with Crippen molar-refractivity contribution in [2.45, 2.75) is 11.4 Å². The minimum absolute atomic E-state index is 0.453. The molecule has 0 aliphatic heterocycles. The smallest absolute Gasteiger partial charge is 0.331 e. The van der Waals surface area contributed by atoms with Crippen molar-refractivity contribution in [3.8, 4) is 0 Å². The molecule has 1 rings (SSSR count). The lowest BCUT2D eigenvalue weighted by atomic mass is 10.1. The van der Waals surface area contributed by atoms with E-state index in [1.807, 2.05) is 0 Å². The number of aliphatic hydroxyl groups excluding tert-OH is 1. The number of methoxy groups -OCH3 is 1. The SMILES string of the molecule is COC(=O)[C@H]([C@@H](O)c1ccccc1)S(F)(F)(F)(F)F. The molecule has 0 aliphatic carbocycles. The second-order valence-corrected chi connectivity index (χ2v) is 6.39. The highest BCUT2D eigenvalue weighted by Gasteiger charge is 2.75. The average Bonchev–Trinajstić information content (AvgIpc) is 2.26. The standard InChI is InChI=1S/C10H11F5O3S/c1-18-10(17)9(19(11,12,13,14)15)8(16)7-5-3-2-4-6-7/h2-6,8-9,16H,1H3/t8-,9-/m0/s1. The molecule has 1 aromatic carbocycles. The minimum Gasteiger partial charge on any atom is -0.468 e. The Kier molecular flexibility index (Phi) is 3.37. The van der Waals surface area contributed by atoms with Crippen LogP contribution in [0.2, 0.25) is 0 Å². The fraction of sp³-hybridized carbons (Fsp3) is 0.300. The van der Waals surface area contributed by atoms with Gasteiger partial charge in [0.1, 0.15) is 6.10 Å². The molecule has 0 aromatic heterocycles. The highest BCUT2D eigenvalue weighted by molar-refractivity contribution is 8.46. The van der Waals surface area contributed by atoms with Gasteiger partial charge in [-0.15, -0.1) is 0 Å². The molecule has 110 valence electrons. The summed E-state index contributed by atoms with van der Waals surface area (Å²) in [5.41, 5.74) is -0.453. The topological polar surface area (TPSA) is 46.5 Å². The summed E-state index contributed by atoms with van der Waals surface area (Å²) in [6.45, 7) is 0. The molecule has 0 radical (unpaired) electrons. The Hall–Kier alpha value is -1.35. The fourth-order valence-corrected chi connectivity index (χ4v) is 2.60. The summed E-state index contributed by atoms with van der Waals surface area (Å²) >= 11 is 0. The van der Waals surface area contributed by atoms with Gasteiger partial charge in [-0.2, -0.15) is 0 Å². The Labute approximate surface area is 105 Å². The van der Waals surface area contributed by atoms with Crippen LogP contribution in [0.5, 0.6) is 0 Å². The zero-order valence-electron chi connectivity index (χ0n) is 9.60. The lowest BCUT2D eigenvalue weighted by Crippen LogP contribution is -2.39. The molecule has 0 unspecified atom stereocenters. The minimum atomic E-state index is -10.3. The molecule has 0 saturated carbocycles. The maximum atomic E-state index is 12.8. The number of carbonyl (C=O) groups is 1. The molecule has 0 spiro atoms. The maximum Gasteiger partial charge on any atom is 0.331 e. The summed E-state index contributed by atoms with van der Waals surface area (Å²) in [4.78, 5) is 11.0. The molecule has 0 amide bonds. The number of aliphatic hydroxyl groups is 1. The Morgan fingerprint density at radius 1 is 1.16 bits per heavy atom. The molecule has 0 aliphatic rings. The normalized spacial score (nSPS) is 18.9. The first-order valence-electron chi connectivity index (χ1n) is 4.90. The van der Waals surface area contributed by atoms with Crippen molar-refractivity contribution in [3.63, 3.8) is 0 Å². The van der Waals surface area contributed by atoms with E-state index in [0.717, 1.165) is 12.1 Å². The van der Waals surface area contributed by atoms with Gasteiger partial charge in [-0.05, 0) is 5.56 Å². The van der Waals surface area contributed by atoms with Crippen LogP contribution in [0.15, 0.2) is 30.3 Å². The molecule has 3 nitrogen and oxygen atoms in total. The van der Waals surface area contributed by atoms with Gasteiger partial charge in [0.25, 0.3) is 0 Å². The van der Waals surface area contributed by atoms with E-state index >= 15 is 0 Å². The summed E-state index contributed by atoms with van der Waals surface area (Å²) in [6, 6.07) is 5.92. The third kappa shape index (κ3) is 3.80. The highest BCUT2D eigenvalue weighted by atomic mass is 32.5. The van der Waals surface area contributed by atoms with Gasteiger partial charge in [0.15, 0.2) is 0 Å². The molecule has 19 heavy (non-hydrogen) atoms. The fourth-order valence-electron chi connectivity index (χ4n) is 1.50. The lowest BCUT2D eigenvalue weighted by Gasteiger charge is -2.46. The van der Waals surface area contributed by atoms with Gasteiger partial charge in [0.05, 0.1) is 7.11 Å². The second kappa shape index (κ2) is 4.07. The Morgan fingerprint density at radius 3 is 2.00 bits per heavy atom. The largest absolute Gasteiger partial charge is 0.468 e. The monoisotopic (exact) mass is 306 g/mol. The molecule has 0 heterocycles. The van der Waals surface area contributed by atoms with Crippen LogP contribution in [0.25, 0.3) is 0 Å². The Balaban J connectivity index is 3.33. The number of rotatable bonds is 4. The first-order chi connectivity index (χ1) is 8.36. The zero-order valence-corrected chi connectivity index (χ0v) is 10.4. The predicted octanol–water partition coefficient (Wildman–Crippen LogP) is 3.56. The summed E-state index contributed by atoms with van der Waals surface area (Å²) in [5, 5.41) is 5.58. The molecule has 9 heteroatoms. The number of halogens is 5. The van der Waals surface area contributed by atoms with Crippen molar-refractivity contribution >= 4 is 16.2 Å². The van der Waals surface area contributed by atoms with Gasteiger partial charge >= 0.3 is 16.2 Å². The second-order valence-electron chi connectivity index (χ2n) is 3.83. The molecule has 0 bridgehead atoms. The van der Waals surface area contributed by atoms with Crippen molar-refractivity contribution in [3.05, 3.63) is 35.9 Å². The summed E-state index contributed by atoms with van der Waals surface area (Å²) in [6.07, 6.45) is -2.73. The quantitative estimate of drug-likeness (QED) is 0.683. The van der Waals surface area contributed by atoms with E-state index in [9.17, 15) is 29.3 Å². The van der Waals surface area contributed by atoms with E-state index < -0.39 is 33.1 Å². The van der Waals surface area contributed by atoms with Crippen LogP contribution in [0, 0.1) is 0 Å². The van der Waals surface area contributed by atoms with Gasteiger partial charge in [0, 0.05) is 0 Å². The summed E-state index contributed by atoms with van der Waals surface area (Å²) < 4.78 is 67.7. The lowest BCUT2D eigenvalue weighted by molar-refractivity contribution is -0.143. The van der Waals surface area contributed by atoms with Crippen LogP contribution in [0.1, 0.15) is 11.7 Å². The van der Waals surface area contributed by atoms with Gasteiger partial charge in [-0.25, -0.2) is 0 Å². The first kappa shape index (κ1) is 15.7. The van der Waals surface area contributed by atoms with Crippen molar-refractivity contribution in [1.82, 2.24) is 0 Å². The number of hydrogen-bond acceptors (Lipinski definition) is 3. The van der Waals surface area contributed by atoms with Crippen molar-refractivity contribution in [2.75, 3.05) is 7.11 Å². The van der Waals surface area contributed by atoms with E-state index in [2.05, 4.69) is 4.74 Å². The third-order valence-corrected chi connectivity index (χ3v) is 3.75. The van der Waals surface area contributed by atoms with Crippen molar-refractivity contribution < 1.29 is 34.1 Å². The third-order valence-electron chi connectivity index (χ3n) is 2.34. The number of carbonyl (C=O) groups excluding carboxylic acids is 1. The van der Waals surface area contributed by atoms with Gasteiger partial charge in [-0.1, -0.05) is 49.8 Å². The highest BCUT2D eigenvalue weighted by Crippen LogP contribution is 3.01. The summed E-state index contributed by atoms with van der Waals surface area (Å²) in [5.74, 6) is -2.23. The Morgan fingerprint density at radius 2 is 1.63 bits per heavy atom. The van der Waals surface area contributed by atoms with Crippen LogP contribution in [0.4, 0.5) is 19.4 Å². The van der Waals surface area contributed by atoms with E-state index in [1.54, 1.807) is 0 Å².